The van der Waals surface area contributed by atoms with E-state index in [2.05, 4.69) is 5.32 Å². The van der Waals surface area contributed by atoms with Gasteiger partial charge in [-0.2, -0.15) is 0 Å². The van der Waals surface area contributed by atoms with Crippen molar-refractivity contribution in [1.82, 2.24) is 10.2 Å². The minimum Gasteiger partial charge on any atom is -0.497 e. The Hall–Kier alpha value is -2.40. The van der Waals surface area contributed by atoms with Crippen LogP contribution >= 0.6 is 11.6 Å². The minimum absolute atomic E-state index is 0.160. The second kappa shape index (κ2) is 9.03. The Morgan fingerprint density at radius 2 is 1.92 bits per heavy atom. The normalized spacial score (nSPS) is 10.1. The number of benzene rings is 2. The molecule has 0 heterocycles. The number of amides is 2. The van der Waals surface area contributed by atoms with Crippen molar-refractivity contribution in [3.05, 3.63) is 59.1 Å². The van der Waals surface area contributed by atoms with Crippen molar-refractivity contribution < 1.29 is 14.3 Å². The molecule has 0 unspecified atom stereocenters. The van der Waals surface area contributed by atoms with E-state index in [1.165, 1.54) is 0 Å². The fourth-order valence-corrected chi connectivity index (χ4v) is 2.23. The van der Waals surface area contributed by atoms with Crippen LogP contribution in [0.25, 0.3) is 0 Å². The lowest BCUT2D eigenvalue weighted by molar-refractivity contribution is 0.195. The van der Waals surface area contributed by atoms with Gasteiger partial charge in [0.25, 0.3) is 0 Å². The third-order valence-electron chi connectivity index (χ3n) is 3.42. The Bertz CT molecular complexity index is 679. The van der Waals surface area contributed by atoms with Crippen LogP contribution in [0.15, 0.2) is 48.5 Å². The summed E-state index contributed by atoms with van der Waals surface area (Å²) in [6.07, 6.45) is 0. The van der Waals surface area contributed by atoms with Gasteiger partial charge in [-0.1, -0.05) is 29.8 Å². The van der Waals surface area contributed by atoms with Crippen LogP contribution in [-0.2, 0) is 6.54 Å². The van der Waals surface area contributed by atoms with Gasteiger partial charge in [-0.3, -0.25) is 0 Å². The van der Waals surface area contributed by atoms with Crippen molar-refractivity contribution in [2.45, 2.75) is 6.54 Å². The molecule has 24 heavy (non-hydrogen) atoms. The number of rotatable bonds is 7. The van der Waals surface area contributed by atoms with E-state index >= 15 is 0 Å². The maximum atomic E-state index is 12.1. The average Bonchev–Trinajstić information content (AvgIpc) is 2.59. The molecule has 2 amide bonds. The first-order valence-corrected chi connectivity index (χ1v) is 7.96. The molecule has 2 aromatic rings. The van der Waals surface area contributed by atoms with Crippen molar-refractivity contribution >= 4 is 17.6 Å². The van der Waals surface area contributed by atoms with E-state index in [9.17, 15) is 4.79 Å². The Labute approximate surface area is 147 Å². The summed E-state index contributed by atoms with van der Waals surface area (Å²) in [5, 5.41) is 3.48. The topological polar surface area (TPSA) is 50.8 Å². The molecular weight excluding hydrogens is 328 g/mol. The van der Waals surface area contributed by atoms with Crippen LogP contribution < -0.4 is 14.8 Å². The van der Waals surface area contributed by atoms with E-state index in [1.54, 1.807) is 31.2 Å². The van der Waals surface area contributed by atoms with Crippen LogP contribution in [0.1, 0.15) is 5.56 Å². The second-order valence-electron chi connectivity index (χ2n) is 5.24. The molecule has 2 rings (SSSR count). The number of carbonyl (C=O) groups excluding carboxylic acids is 1. The number of urea groups is 1. The van der Waals surface area contributed by atoms with Gasteiger partial charge in [0, 0.05) is 18.6 Å². The smallest absolute Gasteiger partial charge is 0.317 e. The van der Waals surface area contributed by atoms with Gasteiger partial charge in [0.05, 0.1) is 13.7 Å². The first-order chi connectivity index (χ1) is 11.6. The molecule has 0 saturated carbocycles. The number of ether oxygens (including phenoxy) is 2. The highest BCUT2D eigenvalue weighted by Crippen LogP contribution is 2.17. The molecule has 1 N–H and O–H groups in total. The molecule has 0 saturated heterocycles. The van der Waals surface area contributed by atoms with E-state index in [0.29, 0.717) is 30.5 Å². The number of hydrogen-bond acceptors (Lipinski definition) is 3. The summed E-state index contributed by atoms with van der Waals surface area (Å²) in [6, 6.07) is 14.6. The summed E-state index contributed by atoms with van der Waals surface area (Å²) in [7, 11) is 3.34. The Kier molecular flexibility index (Phi) is 6.75. The third-order valence-corrected chi connectivity index (χ3v) is 3.65. The van der Waals surface area contributed by atoms with Gasteiger partial charge < -0.3 is 19.7 Å². The first-order valence-electron chi connectivity index (χ1n) is 7.59. The van der Waals surface area contributed by atoms with E-state index in [1.807, 2.05) is 36.4 Å². The Morgan fingerprint density at radius 1 is 1.17 bits per heavy atom. The lowest BCUT2D eigenvalue weighted by atomic mass is 10.2. The lowest BCUT2D eigenvalue weighted by Crippen LogP contribution is -2.39. The highest BCUT2D eigenvalue weighted by molar-refractivity contribution is 6.30. The van der Waals surface area contributed by atoms with Gasteiger partial charge >= 0.3 is 6.03 Å². The molecule has 0 aliphatic heterocycles. The predicted octanol–water partition coefficient (Wildman–Crippen LogP) is 3.57. The van der Waals surface area contributed by atoms with Crippen molar-refractivity contribution in [2.75, 3.05) is 27.3 Å². The standard InChI is InChI=1S/C18H21ClN2O3/c1-21(9-10-24-17-8-4-6-15(19)12-17)18(22)20-13-14-5-3-7-16(11-14)23-2/h3-8,11-12H,9-10,13H2,1-2H3,(H,20,22). The van der Waals surface area contributed by atoms with Crippen LogP contribution in [0.3, 0.4) is 0 Å². The molecule has 0 fully saturated rings. The molecule has 128 valence electrons. The molecule has 6 heteroatoms. The molecule has 2 aromatic carbocycles. The number of carbonyl (C=O) groups is 1. The molecule has 0 aliphatic carbocycles. The van der Waals surface area contributed by atoms with Crippen LogP contribution in [0.5, 0.6) is 11.5 Å². The van der Waals surface area contributed by atoms with E-state index in [4.69, 9.17) is 21.1 Å². The summed E-state index contributed by atoms with van der Waals surface area (Å²) in [5.74, 6) is 1.46. The molecular formula is C18H21ClN2O3. The van der Waals surface area contributed by atoms with Crippen molar-refractivity contribution in [3.8, 4) is 11.5 Å². The first kappa shape index (κ1) is 17.9. The highest BCUT2D eigenvalue weighted by Gasteiger charge is 2.08. The van der Waals surface area contributed by atoms with Gasteiger partial charge in [-0.25, -0.2) is 4.79 Å². The molecule has 5 nitrogen and oxygen atoms in total. The van der Waals surface area contributed by atoms with E-state index in [0.717, 1.165) is 11.3 Å². The van der Waals surface area contributed by atoms with Crippen molar-refractivity contribution in [3.63, 3.8) is 0 Å². The number of likely N-dealkylation sites (N-methyl/N-ethyl adjacent to an activating group) is 1. The number of halogens is 1. The van der Waals surface area contributed by atoms with Gasteiger partial charge in [0.2, 0.25) is 0 Å². The lowest BCUT2D eigenvalue weighted by Gasteiger charge is -2.18. The SMILES string of the molecule is COc1cccc(CNC(=O)N(C)CCOc2cccc(Cl)c2)c1. The second-order valence-corrected chi connectivity index (χ2v) is 5.67. The Morgan fingerprint density at radius 3 is 2.67 bits per heavy atom. The summed E-state index contributed by atoms with van der Waals surface area (Å²) in [4.78, 5) is 13.6. The quantitative estimate of drug-likeness (QED) is 0.832. The van der Waals surface area contributed by atoms with E-state index in [-0.39, 0.29) is 6.03 Å². The summed E-state index contributed by atoms with van der Waals surface area (Å²) in [5.41, 5.74) is 0.978. The molecule has 0 aliphatic rings. The molecule has 0 spiro atoms. The fourth-order valence-electron chi connectivity index (χ4n) is 2.05. The summed E-state index contributed by atoms with van der Waals surface area (Å²) in [6.45, 7) is 1.30. The maximum Gasteiger partial charge on any atom is 0.317 e. The number of nitrogens with zero attached hydrogens (tertiary/aromatic N) is 1. The predicted molar refractivity (Wildman–Crippen MR) is 94.8 cm³/mol. The van der Waals surface area contributed by atoms with Gasteiger partial charge in [-0.15, -0.1) is 0 Å². The van der Waals surface area contributed by atoms with Crippen LogP contribution in [-0.4, -0.2) is 38.2 Å². The number of hydrogen-bond donors (Lipinski definition) is 1. The molecule has 0 bridgehead atoms. The van der Waals surface area contributed by atoms with Crippen LogP contribution in [0, 0.1) is 0 Å². The fraction of sp³-hybridized carbons (Fsp3) is 0.278. The van der Waals surface area contributed by atoms with Crippen LogP contribution in [0.4, 0.5) is 4.79 Å². The van der Waals surface area contributed by atoms with E-state index < -0.39 is 0 Å². The zero-order valence-corrected chi connectivity index (χ0v) is 14.5. The monoisotopic (exact) mass is 348 g/mol. The number of methoxy groups -OCH3 is 1. The van der Waals surface area contributed by atoms with Crippen molar-refractivity contribution in [1.29, 1.82) is 0 Å². The van der Waals surface area contributed by atoms with Gasteiger partial charge in [0.15, 0.2) is 0 Å². The minimum atomic E-state index is -0.160. The summed E-state index contributed by atoms with van der Waals surface area (Å²) < 4.78 is 10.7. The molecule has 0 radical (unpaired) electrons. The maximum absolute atomic E-state index is 12.1. The molecule has 0 atom stereocenters. The Balaban J connectivity index is 1.73. The largest absolute Gasteiger partial charge is 0.497 e. The zero-order chi connectivity index (χ0) is 17.4. The van der Waals surface area contributed by atoms with Crippen molar-refractivity contribution in [2.24, 2.45) is 0 Å². The average molecular weight is 349 g/mol. The van der Waals surface area contributed by atoms with Gasteiger partial charge in [0.1, 0.15) is 18.1 Å². The third kappa shape index (κ3) is 5.66. The summed E-state index contributed by atoms with van der Waals surface area (Å²) >= 11 is 5.89. The van der Waals surface area contributed by atoms with Crippen LogP contribution in [0.2, 0.25) is 5.02 Å². The highest BCUT2D eigenvalue weighted by atomic mass is 35.5. The van der Waals surface area contributed by atoms with Gasteiger partial charge in [-0.05, 0) is 35.9 Å². The molecule has 0 aromatic heterocycles. The number of nitrogens with one attached hydrogen (secondary N) is 1. The zero-order valence-electron chi connectivity index (χ0n) is 13.8.